The van der Waals surface area contributed by atoms with Gasteiger partial charge >= 0.3 is 6.03 Å². The summed E-state index contributed by atoms with van der Waals surface area (Å²) in [5.41, 5.74) is 3.32. The summed E-state index contributed by atoms with van der Waals surface area (Å²) in [4.78, 5) is 16.8. The van der Waals surface area contributed by atoms with Gasteiger partial charge in [-0.2, -0.15) is 0 Å². The molecule has 1 N–H and O–H groups in total. The van der Waals surface area contributed by atoms with Crippen LogP contribution in [0.1, 0.15) is 18.1 Å². The number of nitrogens with zero attached hydrogens (tertiary/aromatic N) is 2. The second kappa shape index (κ2) is 8.72. The van der Waals surface area contributed by atoms with Crippen LogP contribution >= 0.6 is 0 Å². The lowest BCUT2D eigenvalue weighted by Crippen LogP contribution is -2.49. The number of carbonyl (C=O) groups is 1. The average molecular weight is 353 g/mol. The zero-order valence-electron chi connectivity index (χ0n) is 15.6. The number of aryl methyl sites for hydroxylation is 1. The first-order valence-electron chi connectivity index (χ1n) is 9.21. The van der Waals surface area contributed by atoms with E-state index in [0.717, 1.165) is 38.4 Å². The molecule has 0 spiro atoms. The largest absolute Gasteiger partial charge is 0.492 e. The summed E-state index contributed by atoms with van der Waals surface area (Å²) in [6.07, 6.45) is 0. The van der Waals surface area contributed by atoms with Crippen molar-refractivity contribution in [3.63, 3.8) is 0 Å². The number of carbonyl (C=O) groups excluding carboxylic acids is 1. The first-order valence-corrected chi connectivity index (χ1v) is 9.21. The van der Waals surface area contributed by atoms with E-state index in [4.69, 9.17) is 4.74 Å². The number of hydrogen-bond acceptors (Lipinski definition) is 3. The molecule has 0 saturated carbocycles. The zero-order valence-corrected chi connectivity index (χ0v) is 15.6. The molecule has 0 radical (unpaired) electrons. The fourth-order valence-corrected chi connectivity index (χ4v) is 3.11. The Labute approximate surface area is 155 Å². The van der Waals surface area contributed by atoms with Gasteiger partial charge in [0.25, 0.3) is 0 Å². The van der Waals surface area contributed by atoms with Gasteiger partial charge in [-0.3, -0.25) is 4.90 Å². The highest BCUT2D eigenvalue weighted by molar-refractivity contribution is 5.91. The molecule has 1 heterocycles. The van der Waals surface area contributed by atoms with Crippen molar-refractivity contribution in [3.8, 4) is 5.75 Å². The van der Waals surface area contributed by atoms with Gasteiger partial charge in [-0.05, 0) is 31.5 Å². The number of amides is 2. The van der Waals surface area contributed by atoms with E-state index in [2.05, 4.69) is 41.4 Å². The van der Waals surface area contributed by atoms with Crippen LogP contribution in [0, 0.1) is 6.92 Å². The van der Waals surface area contributed by atoms with Crippen molar-refractivity contribution in [2.45, 2.75) is 20.4 Å². The van der Waals surface area contributed by atoms with Crippen LogP contribution in [0.2, 0.25) is 0 Å². The number of anilines is 1. The Bertz CT molecular complexity index is 722. The van der Waals surface area contributed by atoms with Gasteiger partial charge in [0.05, 0.1) is 12.3 Å². The van der Waals surface area contributed by atoms with Gasteiger partial charge in [-0.15, -0.1) is 0 Å². The van der Waals surface area contributed by atoms with Crippen molar-refractivity contribution in [2.75, 3.05) is 38.1 Å². The Morgan fingerprint density at radius 2 is 1.73 bits per heavy atom. The van der Waals surface area contributed by atoms with E-state index >= 15 is 0 Å². The highest BCUT2D eigenvalue weighted by Gasteiger charge is 2.21. The Kier molecular flexibility index (Phi) is 6.12. The lowest BCUT2D eigenvalue weighted by Gasteiger charge is -2.34. The standard InChI is InChI=1S/C21H27N3O2/c1-3-26-20-7-5-4-6-19(20)22-21(25)24-14-12-23(13-15-24)16-18-10-8-17(2)9-11-18/h4-11H,3,12-16H2,1-2H3,(H,22,25). The van der Waals surface area contributed by atoms with Crippen LogP contribution < -0.4 is 10.1 Å². The molecule has 2 aromatic rings. The zero-order chi connectivity index (χ0) is 18.4. The first kappa shape index (κ1) is 18.3. The third-order valence-corrected chi connectivity index (χ3v) is 4.61. The quantitative estimate of drug-likeness (QED) is 0.890. The lowest BCUT2D eigenvalue weighted by molar-refractivity contribution is 0.143. The number of piperazine rings is 1. The van der Waals surface area contributed by atoms with Crippen molar-refractivity contribution in [3.05, 3.63) is 59.7 Å². The Hall–Kier alpha value is -2.53. The maximum absolute atomic E-state index is 12.6. The van der Waals surface area contributed by atoms with Gasteiger partial charge in [0.15, 0.2) is 0 Å². The van der Waals surface area contributed by atoms with Crippen molar-refractivity contribution < 1.29 is 9.53 Å². The number of rotatable bonds is 5. The van der Waals surface area contributed by atoms with Crippen LogP contribution in [0.5, 0.6) is 5.75 Å². The van der Waals surface area contributed by atoms with Crippen LogP contribution in [0.15, 0.2) is 48.5 Å². The highest BCUT2D eigenvalue weighted by atomic mass is 16.5. The van der Waals surface area contributed by atoms with Crippen molar-refractivity contribution in [2.24, 2.45) is 0 Å². The number of nitrogens with one attached hydrogen (secondary N) is 1. The van der Waals surface area contributed by atoms with Gasteiger partial charge in [0, 0.05) is 32.7 Å². The monoisotopic (exact) mass is 353 g/mol. The molecule has 0 aromatic heterocycles. The van der Waals surface area contributed by atoms with E-state index in [1.165, 1.54) is 11.1 Å². The number of benzene rings is 2. The van der Waals surface area contributed by atoms with Crippen LogP contribution in [0.4, 0.5) is 10.5 Å². The highest BCUT2D eigenvalue weighted by Crippen LogP contribution is 2.24. The van der Waals surface area contributed by atoms with Gasteiger partial charge < -0.3 is 15.0 Å². The summed E-state index contributed by atoms with van der Waals surface area (Å²) < 4.78 is 5.58. The van der Waals surface area contributed by atoms with Crippen LogP contribution in [0.25, 0.3) is 0 Å². The smallest absolute Gasteiger partial charge is 0.322 e. The third kappa shape index (κ3) is 4.76. The second-order valence-electron chi connectivity index (χ2n) is 6.61. The molecular weight excluding hydrogens is 326 g/mol. The Morgan fingerprint density at radius 3 is 2.42 bits per heavy atom. The summed E-state index contributed by atoms with van der Waals surface area (Å²) in [5.74, 6) is 0.710. The second-order valence-corrected chi connectivity index (χ2v) is 6.61. The summed E-state index contributed by atoms with van der Waals surface area (Å²) in [5, 5.41) is 2.98. The lowest BCUT2D eigenvalue weighted by atomic mass is 10.1. The van der Waals surface area contributed by atoms with Crippen molar-refractivity contribution >= 4 is 11.7 Å². The van der Waals surface area contributed by atoms with Crippen molar-refractivity contribution in [1.29, 1.82) is 0 Å². The number of para-hydroxylation sites is 2. The molecule has 0 aliphatic carbocycles. The summed E-state index contributed by atoms with van der Waals surface area (Å²) >= 11 is 0. The summed E-state index contributed by atoms with van der Waals surface area (Å²) in [6.45, 7) is 8.77. The van der Waals surface area contributed by atoms with Gasteiger partial charge in [-0.1, -0.05) is 42.0 Å². The minimum Gasteiger partial charge on any atom is -0.492 e. The van der Waals surface area contributed by atoms with Crippen LogP contribution in [-0.4, -0.2) is 48.6 Å². The topological polar surface area (TPSA) is 44.8 Å². The first-order chi connectivity index (χ1) is 12.7. The molecule has 5 heteroatoms. The van der Waals surface area contributed by atoms with Gasteiger partial charge in [-0.25, -0.2) is 4.79 Å². The number of ether oxygens (including phenoxy) is 1. The number of urea groups is 1. The molecule has 3 rings (SSSR count). The van der Waals surface area contributed by atoms with Gasteiger partial charge in [0.2, 0.25) is 0 Å². The predicted molar refractivity (Wildman–Crippen MR) is 105 cm³/mol. The minimum atomic E-state index is -0.0628. The molecule has 5 nitrogen and oxygen atoms in total. The molecule has 138 valence electrons. The summed E-state index contributed by atoms with van der Waals surface area (Å²) in [7, 11) is 0. The van der Waals surface area contributed by atoms with E-state index in [1.807, 2.05) is 36.1 Å². The van der Waals surface area contributed by atoms with Gasteiger partial charge in [0.1, 0.15) is 5.75 Å². The van der Waals surface area contributed by atoms with E-state index in [9.17, 15) is 4.79 Å². The molecule has 1 fully saturated rings. The Balaban J connectivity index is 1.51. The molecular formula is C21H27N3O2. The van der Waals surface area contributed by atoms with Crippen molar-refractivity contribution in [1.82, 2.24) is 9.80 Å². The third-order valence-electron chi connectivity index (χ3n) is 4.61. The van der Waals surface area contributed by atoms with Crippen LogP contribution in [-0.2, 0) is 6.54 Å². The van der Waals surface area contributed by atoms with E-state index < -0.39 is 0 Å². The molecule has 26 heavy (non-hydrogen) atoms. The van der Waals surface area contributed by atoms with E-state index in [1.54, 1.807) is 0 Å². The Morgan fingerprint density at radius 1 is 1.04 bits per heavy atom. The molecule has 1 saturated heterocycles. The SMILES string of the molecule is CCOc1ccccc1NC(=O)N1CCN(Cc2ccc(C)cc2)CC1. The van der Waals surface area contributed by atoms with E-state index in [0.29, 0.717) is 12.4 Å². The molecule has 1 aliphatic heterocycles. The molecule has 2 aromatic carbocycles. The fraction of sp³-hybridized carbons (Fsp3) is 0.381. The average Bonchev–Trinajstić information content (AvgIpc) is 2.66. The van der Waals surface area contributed by atoms with Crippen LogP contribution in [0.3, 0.4) is 0 Å². The maximum atomic E-state index is 12.6. The summed E-state index contributed by atoms with van der Waals surface area (Å²) in [6, 6.07) is 16.1. The molecule has 0 atom stereocenters. The molecule has 1 aliphatic rings. The minimum absolute atomic E-state index is 0.0628. The molecule has 0 bridgehead atoms. The maximum Gasteiger partial charge on any atom is 0.322 e. The predicted octanol–water partition coefficient (Wildman–Crippen LogP) is 3.74. The number of hydrogen-bond donors (Lipinski definition) is 1. The normalized spacial score (nSPS) is 14.9. The fourth-order valence-electron chi connectivity index (χ4n) is 3.11. The molecule has 2 amide bonds. The molecule has 0 unspecified atom stereocenters. The van der Waals surface area contributed by atoms with E-state index in [-0.39, 0.29) is 6.03 Å².